The molecule has 1 aromatic carbocycles. The van der Waals surface area contributed by atoms with Gasteiger partial charge < -0.3 is 15.0 Å². The Morgan fingerprint density at radius 2 is 1.83 bits per heavy atom. The van der Waals surface area contributed by atoms with Crippen molar-refractivity contribution in [3.05, 3.63) is 24.3 Å². The molecule has 9 heteroatoms. The van der Waals surface area contributed by atoms with E-state index < -0.39 is 16.1 Å². The Morgan fingerprint density at radius 3 is 2.35 bits per heavy atom. The first-order valence-electron chi connectivity index (χ1n) is 7.10. The van der Waals surface area contributed by atoms with Crippen molar-refractivity contribution in [1.82, 2.24) is 14.9 Å². The van der Waals surface area contributed by atoms with Gasteiger partial charge in [0.15, 0.2) is 0 Å². The van der Waals surface area contributed by atoms with Gasteiger partial charge in [-0.1, -0.05) is 0 Å². The normalized spacial score (nSPS) is 16.3. The number of rotatable bonds is 5. The van der Waals surface area contributed by atoms with Crippen LogP contribution in [0.5, 0.6) is 5.75 Å². The Kier molecular flexibility index (Phi) is 7.27. The smallest absolute Gasteiger partial charge is 0.241 e. The van der Waals surface area contributed by atoms with Gasteiger partial charge in [0.2, 0.25) is 15.9 Å². The van der Waals surface area contributed by atoms with Crippen molar-refractivity contribution in [3.63, 3.8) is 0 Å². The van der Waals surface area contributed by atoms with Crippen LogP contribution in [0.2, 0.25) is 0 Å². The summed E-state index contributed by atoms with van der Waals surface area (Å²) in [5.41, 5.74) is 0. The molecule has 0 spiro atoms. The van der Waals surface area contributed by atoms with Crippen LogP contribution >= 0.6 is 12.4 Å². The van der Waals surface area contributed by atoms with Crippen molar-refractivity contribution in [2.24, 2.45) is 0 Å². The molecule has 1 aromatic rings. The van der Waals surface area contributed by atoms with Crippen molar-refractivity contribution in [2.45, 2.75) is 17.9 Å². The summed E-state index contributed by atoms with van der Waals surface area (Å²) in [5.74, 6) is 0.363. The lowest BCUT2D eigenvalue weighted by molar-refractivity contribution is -0.133. The van der Waals surface area contributed by atoms with Gasteiger partial charge in [-0.15, -0.1) is 12.4 Å². The number of hydrogen-bond donors (Lipinski definition) is 2. The molecule has 1 aliphatic rings. The molecule has 0 radical (unpaired) electrons. The summed E-state index contributed by atoms with van der Waals surface area (Å²) >= 11 is 0. The summed E-state index contributed by atoms with van der Waals surface area (Å²) in [6.07, 6.45) is 0. The lowest BCUT2D eigenvalue weighted by Gasteiger charge is -2.29. The maximum Gasteiger partial charge on any atom is 0.241 e. The van der Waals surface area contributed by atoms with Gasteiger partial charge in [0.05, 0.1) is 18.0 Å². The zero-order valence-electron chi connectivity index (χ0n) is 13.1. The van der Waals surface area contributed by atoms with Crippen LogP contribution in [0.15, 0.2) is 29.2 Å². The quantitative estimate of drug-likeness (QED) is 0.781. The number of piperazine rings is 1. The molecular weight excluding hydrogens is 342 g/mol. The third kappa shape index (κ3) is 5.07. The highest BCUT2D eigenvalue weighted by molar-refractivity contribution is 7.89. The molecule has 1 atom stereocenters. The van der Waals surface area contributed by atoms with Crippen LogP contribution in [-0.2, 0) is 14.8 Å². The number of benzene rings is 1. The highest BCUT2D eigenvalue weighted by Gasteiger charge is 2.26. The van der Waals surface area contributed by atoms with Crippen molar-refractivity contribution in [2.75, 3.05) is 33.3 Å². The van der Waals surface area contributed by atoms with Crippen LogP contribution in [0.3, 0.4) is 0 Å². The van der Waals surface area contributed by atoms with E-state index in [4.69, 9.17) is 4.74 Å². The fourth-order valence-electron chi connectivity index (χ4n) is 2.27. The number of carbonyl (C=O) groups excluding carboxylic acids is 1. The molecule has 130 valence electrons. The topological polar surface area (TPSA) is 87.7 Å². The zero-order chi connectivity index (χ0) is 16.2. The first-order chi connectivity index (χ1) is 10.4. The molecule has 0 aliphatic carbocycles. The van der Waals surface area contributed by atoms with Gasteiger partial charge in [0.1, 0.15) is 5.75 Å². The summed E-state index contributed by atoms with van der Waals surface area (Å²) in [4.78, 5) is 14.0. The second-order valence-corrected chi connectivity index (χ2v) is 6.81. The molecule has 1 fully saturated rings. The molecule has 7 nitrogen and oxygen atoms in total. The summed E-state index contributed by atoms with van der Waals surface area (Å²) in [5, 5.41) is 3.15. The average Bonchev–Trinajstić information content (AvgIpc) is 2.54. The molecule has 1 heterocycles. The third-order valence-corrected chi connectivity index (χ3v) is 5.06. The minimum atomic E-state index is -3.74. The molecule has 1 saturated heterocycles. The standard InChI is InChI=1S/C14H21N3O4S.ClH/c1-11(14(18)17-9-7-15-8-10-17)16-22(19,20)13-5-3-12(21-2)4-6-13;/h3-6,11,15-16H,7-10H2,1-2H3;1H/t11-;/m0./s1. The number of sulfonamides is 1. The van der Waals surface area contributed by atoms with Crippen LogP contribution in [0.1, 0.15) is 6.92 Å². The van der Waals surface area contributed by atoms with Gasteiger partial charge in [0, 0.05) is 26.2 Å². The molecular formula is C14H22ClN3O4S. The largest absolute Gasteiger partial charge is 0.497 e. The number of methoxy groups -OCH3 is 1. The summed E-state index contributed by atoms with van der Waals surface area (Å²) < 4.78 is 32.0. The Hall–Kier alpha value is -1.35. The van der Waals surface area contributed by atoms with E-state index in [0.717, 1.165) is 13.1 Å². The number of amides is 1. The Morgan fingerprint density at radius 1 is 1.26 bits per heavy atom. The van der Waals surface area contributed by atoms with Crippen LogP contribution in [-0.4, -0.2) is 58.6 Å². The molecule has 2 N–H and O–H groups in total. The second kappa shape index (κ2) is 8.49. The first kappa shape index (κ1) is 19.7. The summed E-state index contributed by atoms with van der Waals surface area (Å²) in [6.45, 7) is 4.19. The Bertz CT molecular complexity index is 615. The van der Waals surface area contributed by atoms with Crippen LogP contribution in [0.25, 0.3) is 0 Å². The van der Waals surface area contributed by atoms with Crippen molar-refractivity contribution in [3.8, 4) is 5.75 Å². The molecule has 1 amide bonds. The van der Waals surface area contributed by atoms with Gasteiger partial charge in [-0.3, -0.25) is 4.79 Å². The molecule has 0 saturated carbocycles. The Balaban J connectivity index is 0.00000264. The van der Waals surface area contributed by atoms with Crippen molar-refractivity contribution < 1.29 is 17.9 Å². The molecule has 0 bridgehead atoms. The molecule has 23 heavy (non-hydrogen) atoms. The predicted octanol–water partition coefficient (Wildman–Crippen LogP) is 0.216. The Labute approximate surface area is 142 Å². The van der Waals surface area contributed by atoms with E-state index in [0.29, 0.717) is 18.8 Å². The first-order valence-corrected chi connectivity index (χ1v) is 8.58. The van der Waals surface area contributed by atoms with Gasteiger partial charge in [-0.05, 0) is 31.2 Å². The number of nitrogens with one attached hydrogen (secondary N) is 2. The number of nitrogens with zero attached hydrogens (tertiary/aromatic N) is 1. The molecule has 2 rings (SSSR count). The van der Waals surface area contributed by atoms with Gasteiger partial charge in [-0.2, -0.15) is 4.72 Å². The number of hydrogen-bond acceptors (Lipinski definition) is 5. The van der Waals surface area contributed by atoms with Crippen LogP contribution < -0.4 is 14.8 Å². The lowest BCUT2D eigenvalue weighted by Crippen LogP contribution is -2.53. The van der Waals surface area contributed by atoms with E-state index in [-0.39, 0.29) is 23.2 Å². The van der Waals surface area contributed by atoms with E-state index >= 15 is 0 Å². The SMILES string of the molecule is COc1ccc(S(=O)(=O)N[C@@H](C)C(=O)N2CCNCC2)cc1.Cl. The average molecular weight is 364 g/mol. The zero-order valence-corrected chi connectivity index (χ0v) is 14.7. The second-order valence-electron chi connectivity index (χ2n) is 5.09. The highest BCUT2D eigenvalue weighted by Crippen LogP contribution is 2.15. The third-order valence-electron chi connectivity index (χ3n) is 3.50. The monoisotopic (exact) mass is 363 g/mol. The van der Waals surface area contributed by atoms with E-state index in [1.807, 2.05) is 0 Å². The van der Waals surface area contributed by atoms with E-state index in [1.54, 1.807) is 24.0 Å². The van der Waals surface area contributed by atoms with Gasteiger partial charge >= 0.3 is 0 Å². The van der Waals surface area contributed by atoms with E-state index in [2.05, 4.69) is 10.0 Å². The molecule has 0 unspecified atom stereocenters. The van der Waals surface area contributed by atoms with Gasteiger partial charge in [0.25, 0.3) is 0 Å². The molecule has 0 aromatic heterocycles. The maximum atomic E-state index is 12.3. The van der Waals surface area contributed by atoms with E-state index in [1.165, 1.54) is 19.2 Å². The fourth-order valence-corrected chi connectivity index (χ4v) is 3.46. The fraction of sp³-hybridized carbons (Fsp3) is 0.500. The number of carbonyl (C=O) groups is 1. The number of halogens is 1. The summed E-state index contributed by atoms with van der Waals surface area (Å²) in [6, 6.07) is 5.23. The minimum Gasteiger partial charge on any atom is -0.497 e. The van der Waals surface area contributed by atoms with E-state index in [9.17, 15) is 13.2 Å². The summed E-state index contributed by atoms with van der Waals surface area (Å²) in [7, 11) is -2.23. The highest BCUT2D eigenvalue weighted by atomic mass is 35.5. The van der Waals surface area contributed by atoms with Crippen molar-refractivity contribution >= 4 is 28.3 Å². The lowest BCUT2D eigenvalue weighted by atomic mass is 10.2. The van der Waals surface area contributed by atoms with Crippen LogP contribution in [0, 0.1) is 0 Å². The maximum absolute atomic E-state index is 12.3. The minimum absolute atomic E-state index is 0. The number of ether oxygens (including phenoxy) is 1. The van der Waals surface area contributed by atoms with Crippen LogP contribution in [0.4, 0.5) is 0 Å². The molecule has 1 aliphatic heterocycles. The van der Waals surface area contributed by atoms with Gasteiger partial charge in [-0.25, -0.2) is 8.42 Å². The van der Waals surface area contributed by atoms with Crippen molar-refractivity contribution in [1.29, 1.82) is 0 Å². The predicted molar refractivity (Wildman–Crippen MR) is 89.5 cm³/mol.